The second kappa shape index (κ2) is 9.61. The van der Waals surface area contributed by atoms with Crippen LogP contribution in [-0.2, 0) is 9.53 Å². The van der Waals surface area contributed by atoms with Gasteiger partial charge in [0.25, 0.3) is 0 Å². The maximum Gasteiger partial charge on any atom is 0.309 e. The van der Waals surface area contributed by atoms with Gasteiger partial charge in [0, 0.05) is 28.9 Å². The summed E-state index contributed by atoms with van der Waals surface area (Å²) in [5.74, 6) is -0.270. The van der Waals surface area contributed by atoms with E-state index < -0.39 is 12.2 Å². The van der Waals surface area contributed by atoms with E-state index in [1.807, 2.05) is 50.3 Å². The number of carbonyl (C=O) groups is 1. The average Bonchev–Trinajstić information content (AvgIpc) is 3.64. The maximum atomic E-state index is 13.6. The second-order valence-corrected chi connectivity index (χ2v) is 8.07. The van der Waals surface area contributed by atoms with Gasteiger partial charge in [-0.15, -0.1) is 0 Å². The minimum atomic E-state index is -0.685. The SMILES string of the molecule is CC.O=C1CC(O)CC(/C=C/c2c(C3CC3)nc3ccccc3c2-c2ccc(F)cc2)O1. The van der Waals surface area contributed by atoms with E-state index in [9.17, 15) is 14.3 Å². The van der Waals surface area contributed by atoms with Crippen molar-refractivity contribution >= 4 is 22.9 Å². The minimum Gasteiger partial charge on any atom is -0.458 e. The van der Waals surface area contributed by atoms with Crippen molar-refractivity contribution < 1.29 is 19.0 Å². The van der Waals surface area contributed by atoms with Crippen molar-refractivity contribution in [1.82, 2.24) is 4.98 Å². The van der Waals surface area contributed by atoms with Gasteiger partial charge in [0.05, 0.1) is 23.7 Å². The van der Waals surface area contributed by atoms with E-state index in [4.69, 9.17) is 9.72 Å². The average molecular weight is 434 g/mol. The fourth-order valence-electron chi connectivity index (χ4n) is 4.14. The first-order chi connectivity index (χ1) is 15.6. The number of aliphatic hydroxyl groups excluding tert-OH is 1. The fraction of sp³-hybridized carbons (Fsp3) is 0.333. The van der Waals surface area contributed by atoms with Gasteiger partial charge >= 0.3 is 5.97 Å². The molecule has 1 N–H and O–H groups in total. The number of pyridine rings is 1. The molecule has 1 aromatic heterocycles. The Balaban J connectivity index is 0.00000119. The summed E-state index contributed by atoms with van der Waals surface area (Å²) < 4.78 is 19.0. The van der Waals surface area contributed by atoms with E-state index in [0.29, 0.717) is 12.3 Å². The van der Waals surface area contributed by atoms with Crippen LogP contribution in [0, 0.1) is 5.82 Å². The number of benzene rings is 2. The Kier molecular flexibility index (Phi) is 6.66. The van der Waals surface area contributed by atoms with E-state index in [1.165, 1.54) is 12.1 Å². The zero-order valence-corrected chi connectivity index (χ0v) is 18.4. The Hall–Kier alpha value is -3.05. The third-order valence-electron chi connectivity index (χ3n) is 5.72. The molecule has 1 saturated carbocycles. The number of ether oxygens (including phenoxy) is 1. The summed E-state index contributed by atoms with van der Waals surface area (Å²) in [5, 5.41) is 10.9. The van der Waals surface area contributed by atoms with Crippen LogP contribution in [0.15, 0.2) is 54.6 Å². The van der Waals surface area contributed by atoms with Crippen LogP contribution in [0.3, 0.4) is 0 Å². The normalized spacial score (nSPS) is 20.7. The van der Waals surface area contributed by atoms with E-state index >= 15 is 0 Å². The molecule has 2 fully saturated rings. The lowest BCUT2D eigenvalue weighted by Crippen LogP contribution is -2.31. The van der Waals surface area contributed by atoms with E-state index in [0.717, 1.165) is 46.1 Å². The van der Waals surface area contributed by atoms with Gasteiger partial charge in [0.2, 0.25) is 0 Å². The number of aromatic nitrogens is 1. The highest BCUT2D eigenvalue weighted by molar-refractivity contribution is 5.99. The Morgan fingerprint density at radius 3 is 2.50 bits per heavy atom. The maximum absolute atomic E-state index is 13.6. The highest BCUT2D eigenvalue weighted by Crippen LogP contribution is 2.45. The molecule has 1 aliphatic carbocycles. The van der Waals surface area contributed by atoms with Gasteiger partial charge in [-0.25, -0.2) is 4.39 Å². The molecule has 2 heterocycles. The van der Waals surface area contributed by atoms with Crippen molar-refractivity contribution in [2.45, 2.75) is 57.7 Å². The highest BCUT2D eigenvalue weighted by atomic mass is 19.1. The molecule has 5 rings (SSSR count). The zero-order valence-electron chi connectivity index (χ0n) is 18.4. The molecule has 0 radical (unpaired) electrons. The molecule has 1 aliphatic heterocycles. The van der Waals surface area contributed by atoms with E-state index in [1.54, 1.807) is 12.1 Å². The number of halogens is 1. The molecule has 32 heavy (non-hydrogen) atoms. The summed E-state index contributed by atoms with van der Waals surface area (Å²) in [6.45, 7) is 4.00. The van der Waals surface area contributed by atoms with Crippen LogP contribution < -0.4 is 0 Å². The summed E-state index contributed by atoms with van der Waals surface area (Å²) in [6, 6.07) is 14.5. The highest BCUT2D eigenvalue weighted by Gasteiger charge is 2.30. The van der Waals surface area contributed by atoms with E-state index in [-0.39, 0.29) is 18.2 Å². The quantitative estimate of drug-likeness (QED) is 0.511. The van der Waals surface area contributed by atoms with Crippen LogP contribution >= 0.6 is 0 Å². The fourth-order valence-corrected chi connectivity index (χ4v) is 4.14. The van der Waals surface area contributed by atoms with Crippen LogP contribution in [0.4, 0.5) is 4.39 Å². The number of nitrogens with zero attached hydrogens (tertiary/aromatic N) is 1. The van der Waals surface area contributed by atoms with Gasteiger partial charge in [-0.05, 0) is 42.7 Å². The van der Waals surface area contributed by atoms with E-state index in [2.05, 4.69) is 0 Å². The summed E-state index contributed by atoms with van der Waals surface area (Å²) in [6.07, 6.45) is 5.24. The molecular weight excluding hydrogens is 405 g/mol. The summed E-state index contributed by atoms with van der Waals surface area (Å²) >= 11 is 0. The molecule has 2 aliphatic rings. The molecule has 2 atom stereocenters. The Morgan fingerprint density at radius 1 is 1.09 bits per heavy atom. The third-order valence-corrected chi connectivity index (χ3v) is 5.72. The van der Waals surface area contributed by atoms with Crippen LogP contribution in [0.1, 0.15) is 56.7 Å². The van der Waals surface area contributed by atoms with Crippen molar-refractivity contribution in [2.24, 2.45) is 0 Å². The van der Waals surface area contributed by atoms with Crippen LogP contribution in [-0.4, -0.2) is 28.3 Å². The molecule has 3 aromatic rings. The van der Waals surface area contributed by atoms with Crippen molar-refractivity contribution in [3.8, 4) is 11.1 Å². The first-order valence-corrected chi connectivity index (χ1v) is 11.3. The molecule has 4 nitrogen and oxygen atoms in total. The summed E-state index contributed by atoms with van der Waals surface area (Å²) in [7, 11) is 0. The lowest BCUT2D eigenvalue weighted by atomic mass is 9.92. The molecule has 166 valence electrons. The number of hydrogen-bond donors (Lipinski definition) is 1. The molecule has 0 amide bonds. The number of carbonyl (C=O) groups excluding carboxylic acids is 1. The number of esters is 1. The number of fused-ring (bicyclic) bond motifs is 1. The standard InChI is InChI=1S/C25H22FNO3.C2H6/c26-17-9-7-15(8-10-17)24-20-3-1-2-4-22(20)27-25(16-5-6-16)21(24)12-11-19-13-18(28)14-23(29)30-19;1-2/h1-4,7-12,16,18-19,28H,5-6,13-14H2;1-2H3/b12-11+;. The van der Waals surface area contributed by atoms with Gasteiger partial charge in [0.1, 0.15) is 11.9 Å². The molecule has 2 aromatic carbocycles. The third kappa shape index (κ3) is 4.73. The molecule has 0 spiro atoms. The van der Waals surface area contributed by atoms with Gasteiger partial charge in [0.15, 0.2) is 0 Å². The molecule has 2 unspecified atom stereocenters. The van der Waals surface area contributed by atoms with Gasteiger partial charge in [-0.1, -0.05) is 50.3 Å². The van der Waals surface area contributed by atoms with Gasteiger partial charge in [-0.2, -0.15) is 0 Å². The van der Waals surface area contributed by atoms with Crippen molar-refractivity contribution in [1.29, 1.82) is 0 Å². The number of rotatable bonds is 4. The summed E-state index contributed by atoms with van der Waals surface area (Å²) in [5.41, 5.74) is 4.82. The monoisotopic (exact) mass is 433 g/mol. The Bertz CT molecular complexity index is 1140. The first kappa shape index (κ1) is 22.2. The first-order valence-electron chi connectivity index (χ1n) is 11.3. The summed E-state index contributed by atoms with van der Waals surface area (Å²) in [4.78, 5) is 16.7. The largest absolute Gasteiger partial charge is 0.458 e. The predicted octanol–water partition coefficient (Wildman–Crippen LogP) is 6.02. The van der Waals surface area contributed by atoms with Crippen molar-refractivity contribution in [3.05, 3.63) is 71.7 Å². The number of cyclic esters (lactones) is 1. The topological polar surface area (TPSA) is 59.4 Å². The number of aliphatic hydroxyl groups is 1. The Morgan fingerprint density at radius 2 is 1.81 bits per heavy atom. The minimum absolute atomic E-state index is 0.0377. The molecule has 1 saturated heterocycles. The van der Waals surface area contributed by atoms with Crippen molar-refractivity contribution in [3.63, 3.8) is 0 Å². The number of hydrogen-bond acceptors (Lipinski definition) is 4. The molecule has 0 bridgehead atoms. The van der Waals surface area contributed by atoms with Crippen LogP contribution in [0.5, 0.6) is 0 Å². The van der Waals surface area contributed by atoms with Gasteiger partial charge in [-0.3, -0.25) is 9.78 Å². The lowest BCUT2D eigenvalue weighted by Gasteiger charge is -2.23. The molecular formula is C27H28FNO3. The van der Waals surface area contributed by atoms with Crippen LogP contribution in [0.2, 0.25) is 0 Å². The smallest absolute Gasteiger partial charge is 0.309 e. The number of para-hydroxylation sites is 1. The van der Waals surface area contributed by atoms with Gasteiger partial charge < -0.3 is 9.84 Å². The van der Waals surface area contributed by atoms with Crippen LogP contribution in [0.25, 0.3) is 28.1 Å². The molecule has 5 heteroatoms. The zero-order chi connectivity index (χ0) is 22.7. The lowest BCUT2D eigenvalue weighted by molar-refractivity contribution is -0.156. The van der Waals surface area contributed by atoms with Crippen molar-refractivity contribution in [2.75, 3.05) is 0 Å². The Labute approximate surface area is 187 Å². The predicted molar refractivity (Wildman–Crippen MR) is 125 cm³/mol. The second-order valence-electron chi connectivity index (χ2n) is 8.07.